The number of nitrogens with one attached hydrogen (secondary N) is 2. The highest BCUT2D eigenvalue weighted by atomic mass is 35.5. The normalized spacial score (nSPS) is 15.4. The lowest BCUT2D eigenvalue weighted by molar-refractivity contribution is -0.929. The molecule has 0 atom stereocenters. The highest BCUT2D eigenvalue weighted by Crippen LogP contribution is 2.11. The van der Waals surface area contributed by atoms with E-state index in [2.05, 4.69) is 4.98 Å². The second kappa shape index (κ2) is 7.54. The Balaban J connectivity index is 1.87. The minimum absolute atomic E-state index is 0.299. The van der Waals surface area contributed by atoms with Gasteiger partial charge >= 0.3 is 17.1 Å². The van der Waals surface area contributed by atoms with E-state index in [1.807, 2.05) is 28.8 Å². The molecule has 0 unspecified atom stereocenters. The number of halogens is 1. The quantitative estimate of drug-likeness (QED) is 0.545. The third-order valence-corrected chi connectivity index (χ3v) is 5.62. The van der Waals surface area contributed by atoms with Crippen LogP contribution in [0.1, 0.15) is 11.4 Å². The first-order valence-corrected chi connectivity index (χ1v) is 9.69. The summed E-state index contributed by atoms with van der Waals surface area (Å²) < 4.78 is 10.1. The van der Waals surface area contributed by atoms with Crippen LogP contribution < -0.4 is 20.7 Å². The summed E-state index contributed by atoms with van der Waals surface area (Å²) in [5.74, 6) is 0.917. The Labute approximate surface area is 166 Å². The second-order valence-corrected chi connectivity index (χ2v) is 7.66. The number of imidazole rings is 1. The van der Waals surface area contributed by atoms with Gasteiger partial charge in [0.15, 0.2) is 6.54 Å². The Morgan fingerprint density at radius 3 is 2.50 bits per heavy atom. The lowest BCUT2D eigenvalue weighted by Gasteiger charge is -2.22. The number of aryl methyl sites for hydroxylation is 1. The van der Waals surface area contributed by atoms with Crippen LogP contribution in [0.5, 0.6) is 0 Å². The van der Waals surface area contributed by atoms with E-state index in [-0.39, 0.29) is 11.2 Å². The van der Waals surface area contributed by atoms with Gasteiger partial charge in [0.2, 0.25) is 0 Å². The number of hydrogen-bond donors (Lipinski definition) is 2. The van der Waals surface area contributed by atoms with E-state index in [0.29, 0.717) is 22.7 Å². The van der Waals surface area contributed by atoms with Crippen LogP contribution in [0.4, 0.5) is 0 Å². The molecule has 1 aromatic carbocycles. The van der Waals surface area contributed by atoms with Crippen LogP contribution in [0.3, 0.4) is 0 Å². The van der Waals surface area contributed by atoms with E-state index in [1.54, 1.807) is 7.05 Å². The summed E-state index contributed by atoms with van der Waals surface area (Å²) in [7, 11) is 3.19. The fourth-order valence-electron chi connectivity index (χ4n) is 3.71. The molecule has 9 heteroatoms. The molecule has 28 heavy (non-hydrogen) atoms. The van der Waals surface area contributed by atoms with Crippen molar-refractivity contribution < 1.29 is 14.2 Å². The zero-order valence-electron chi connectivity index (χ0n) is 16.0. The molecule has 3 aromatic rings. The largest absolute Gasteiger partial charge is 0.370 e. The molecule has 1 aliphatic heterocycles. The number of morpholine rings is 1. The molecule has 8 nitrogen and oxygen atoms in total. The molecule has 4 rings (SSSR count). The summed E-state index contributed by atoms with van der Waals surface area (Å²) in [6, 6.07) is 7.58. The number of ether oxygens (including phenoxy) is 1. The zero-order valence-corrected chi connectivity index (χ0v) is 16.8. The Morgan fingerprint density at radius 1 is 1.14 bits per heavy atom. The molecule has 148 valence electrons. The van der Waals surface area contributed by atoms with Crippen molar-refractivity contribution in [2.45, 2.75) is 13.1 Å². The monoisotopic (exact) mass is 405 g/mol. The van der Waals surface area contributed by atoms with Crippen LogP contribution in [0.25, 0.3) is 11.2 Å². The first-order valence-electron chi connectivity index (χ1n) is 9.32. The zero-order chi connectivity index (χ0) is 19.8. The van der Waals surface area contributed by atoms with Gasteiger partial charge in [-0.05, 0) is 17.7 Å². The minimum Gasteiger partial charge on any atom is -0.370 e. The molecular formula is C19H24ClN5O3+2. The van der Waals surface area contributed by atoms with Gasteiger partial charge < -0.3 is 9.64 Å². The maximum absolute atomic E-state index is 12.9. The molecule has 0 saturated carbocycles. The molecule has 2 N–H and O–H groups in total. The number of rotatable bonds is 4. The van der Waals surface area contributed by atoms with E-state index in [4.69, 9.17) is 16.3 Å². The second-order valence-electron chi connectivity index (χ2n) is 7.23. The van der Waals surface area contributed by atoms with Gasteiger partial charge in [0.1, 0.15) is 19.6 Å². The van der Waals surface area contributed by atoms with Crippen LogP contribution in [0, 0.1) is 0 Å². The van der Waals surface area contributed by atoms with Crippen LogP contribution in [-0.4, -0.2) is 40.4 Å². The Morgan fingerprint density at radius 2 is 1.82 bits per heavy atom. The molecule has 0 aliphatic carbocycles. The molecule has 1 saturated heterocycles. The molecule has 0 bridgehead atoms. The SMILES string of the molecule is Cn1c(=O)c2c([nH]c(C[NH+]3CCOCC3)[n+]2Cc2ccc(Cl)cc2)n(C)c1=O. The van der Waals surface area contributed by atoms with Gasteiger partial charge in [-0.3, -0.25) is 13.9 Å². The number of nitrogens with zero attached hydrogens (tertiary/aromatic N) is 3. The van der Waals surface area contributed by atoms with Crippen LogP contribution in [0.15, 0.2) is 33.9 Å². The average Bonchev–Trinajstić information content (AvgIpc) is 3.05. The minimum atomic E-state index is -0.345. The highest BCUT2D eigenvalue weighted by molar-refractivity contribution is 6.30. The number of quaternary nitrogens is 1. The predicted molar refractivity (Wildman–Crippen MR) is 105 cm³/mol. The number of fused-ring (bicyclic) bond motifs is 1. The van der Waals surface area contributed by atoms with Gasteiger partial charge in [-0.2, -0.15) is 0 Å². The van der Waals surface area contributed by atoms with Crippen LogP contribution >= 0.6 is 11.6 Å². The van der Waals surface area contributed by atoms with Gasteiger partial charge in [-0.1, -0.05) is 23.7 Å². The summed E-state index contributed by atoms with van der Waals surface area (Å²) in [4.78, 5) is 30.0. The average molecular weight is 406 g/mol. The maximum Gasteiger partial charge on any atom is 0.333 e. The first kappa shape index (κ1) is 18.9. The van der Waals surface area contributed by atoms with Gasteiger partial charge in [0, 0.05) is 19.1 Å². The lowest BCUT2D eigenvalue weighted by atomic mass is 10.2. The van der Waals surface area contributed by atoms with E-state index >= 15 is 0 Å². The Bertz CT molecular complexity index is 1120. The number of aromatic amines is 1. The number of hydrogen-bond acceptors (Lipinski definition) is 3. The van der Waals surface area contributed by atoms with Crippen molar-refractivity contribution in [3.05, 3.63) is 61.5 Å². The van der Waals surface area contributed by atoms with Gasteiger partial charge in [0.05, 0.1) is 13.2 Å². The fourth-order valence-corrected chi connectivity index (χ4v) is 3.84. The summed E-state index contributed by atoms with van der Waals surface area (Å²) in [5, 5.41) is 0.670. The Hall–Kier alpha value is -2.42. The summed E-state index contributed by atoms with van der Waals surface area (Å²) in [5.41, 5.74) is 1.44. The van der Waals surface area contributed by atoms with Gasteiger partial charge in [-0.15, -0.1) is 0 Å². The third kappa shape index (κ3) is 3.39. The molecule has 0 amide bonds. The Kier molecular flexibility index (Phi) is 5.09. The molecule has 1 fully saturated rings. The topological polar surface area (TPSA) is 77.3 Å². The molecule has 0 radical (unpaired) electrons. The van der Waals surface area contributed by atoms with Crippen molar-refractivity contribution in [1.29, 1.82) is 0 Å². The maximum atomic E-state index is 12.9. The van der Waals surface area contributed by atoms with E-state index < -0.39 is 0 Å². The van der Waals surface area contributed by atoms with E-state index in [1.165, 1.54) is 16.5 Å². The third-order valence-electron chi connectivity index (χ3n) is 5.37. The molecule has 2 aromatic heterocycles. The van der Waals surface area contributed by atoms with Crippen molar-refractivity contribution in [3.8, 4) is 0 Å². The standard InChI is InChI=1S/C19H22ClN5O3/c1-22-17-16(18(26)23(2)19(22)27)25(11-13-3-5-14(20)6-4-13)15(21-17)12-24-7-9-28-10-8-24/h3-6H,7-12H2,1-2H3/p+2. The number of benzene rings is 1. The van der Waals surface area contributed by atoms with Crippen molar-refractivity contribution >= 4 is 22.8 Å². The molecule has 3 heterocycles. The van der Waals surface area contributed by atoms with E-state index in [9.17, 15) is 9.59 Å². The summed E-state index contributed by atoms with van der Waals surface area (Å²) >= 11 is 6.01. The molecular weight excluding hydrogens is 382 g/mol. The predicted octanol–water partition coefficient (Wildman–Crippen LogP) is -1.03. The summed E-state index contributed by atoms with van der Waals surface area (Å²) in [6.45, 7) is 4.52. The molecule has 0 spiro atoms. The first-order chi connectivity index (χ1) is 13.5. The fraction of sp³-hybridized carbons (Fsp3) is 0.421. The lowest BCUT2D eigenvalue weighted by Crippen LogP contribution is -3.13. The number of H-pyrrole nitrogens is 1. The van der Waals surface area contributed by atoms with Crippen LogP contribution in [0.2, 0.25) is 5.02 Å². The van der Waals surface area contributed by atoms with E-state index in [0.717, 1.165) is 48.8 Å². The van der Waals surface area contributed by atoms with Gasteiger partial charge in [-0.25, -0.2) is 14.3 Å². The van der Waals surface area contributed by atoms with Crippen molar-refractivity contribution in [2.24, 2.45) is 14.1 Å². The smallest absolute Gasteiger partial charge is 0.333 e. The van der Waals surface area contributed by atoms with Crippen molar-refractivity contribution in [2.75, 3.05) is 26.3 Å². The van der Waals surface area contributed by atoms with Crippen molar-refractivity contribution in [3.63, 3.8) is 0 Å². The summed E-state index contributed by atoms with van der Waals surface area (Å²) in [6.07, 6.45) is 0. The highest BCUT2D eigenvalue weighted by Gasteiger charge is 2.29. The van der Waals surface area contributed by atoms with Crippen molar-refractivity contribution in [1.82, 2.24) is 14.1 Å². The molecule has 1 aliphatic rings. The number of aromatic nitrogens is 4. The van der Waals surface area contributed by atoms with Crippen LogP contribution in [-0.2, 0) is 31.9 Å². The van der Waals surface area contributed by atoms with Gasteiger partial charge in [0.25, 0.3) is 11.2 Å².